The molecule has 102 valence electrons. The number of aryl methyl sites for hydroxylation is 1. The third-order valence-corrected chi connectivity index (χ3v) is 2.79. The first-order chi connectivity index (χ1) is 9.04. The molecule has 0 aliphatic carbocycles. The zero-order valence-corrected chi connectivity index (χ0v) is 10.9. The molecule has 0 radical (unpaired) electrons. The van der Waals surface area contributed by atoms with Crippen LogP contribution in [0.3, 0.4) is 0 Å². The summed E-state index contributed by atoms with van der Waals surface area (Å²) in [7, 11) is 0. The second kappa shape index (κ2) is 6.83. The number of ether oxygens (including phenoxy) is 1. The molecule has 1 rings (SSSR count). The first-order valence-corrected chi connectivity index (χ1v) is 6.03. The first kappa shape index (κ1) is 15.1. The van der Waals surface area contributed by atoms with Crippen LogP contribution in [0.4, 0.5) is 8.78 Å². The summed E-state index contributed by atoms with van der Waals surface area (Å²) in [5.74, 6) is -0.603. The smallest absolute Gasteiger partial charge is 0.310 e. The highest BCUT2D eigenvalue weighted by Gasteiger charge is 2.22. The van der Waals surface area contributed by atoms with Gasteiger partial charge in [-0.25, -0.2) is 8.78 Å². The van der Waals surface area contributed by atoms with Gasteiger partial charge in [0, 0.05) is 5.56 Å². The molecule has 1 aromatic rings. The molecule has 0 aliphatic rings. The van der Waals surface area contributed by atoms with Gasteiger partial charge in [-0.3, -0.25) is 4.79 Å². The van der Waals surface area contributed by atoms with Crippen molar-refractivity contribution >= 4 is 5.97 Å². The number of alkyl halides is 2. The molecule has 3 nitrogen and oxygen atoms in total. The lowest BCUT2D eigenvalue weighted by atomic mass is 9.93. The van der Waals surface area contributed by atoms with E-state index in [0.717, 1.165) is 0 Å². The molecule has 0 unspecified atom stereocenters. The molecule has 5 heteroatoms. The highest BCUT2D eigenvalue weighted by atomic mass is 19.3. The summed E-state index contributed by atoms with van der Waals surface area (Å²) in [5, 5.41) is 8.98. The van der Waals surface area contributed by atoms with Gasteiger partial charge < -0.3 is 4.74 Å². The molecule has 0 bridgehead atoms. The van der Waals surface area contributed by atoms with Crippen LogP contribution in [-0.2, 0) is 22.4 Å². The predicted octanol–water partition coefficient (Wildman–Crippen LogP) is 3.16. The van der Waals surface area contributed by atoms with Crippen molar-refractivity contribution in [2.75, 3.05) is 6.61 Å². The molecular weight excluding hydrogens is 252 g/mol. The van der Waals surface area contributed by atoms with E-state index in [4.69, 9.17) is 10.00 Å². The molecule has 0 fully saturated rings. The number of hydrogen-bond donors (Lipinski definition) is 0. The zero-order valence-electron chi connectivity index (χ0n) is 10.9. The van der Waals surface area contributed by atoms with Crippen LogP contribution in [0.1, 0.15) is 42.5 Å². The van der Waals surface area contributed by atoms with Crippen LogP contribution < -0.4 is 0 Å². The van der Waals surface area contributed by atoms with Gasteiger partial charge in [-0.1, -0.05) is 13.0 Å². The number of carbonyl (C=O) groups is 1. The zero-order chi connectivity index (χ0) is 14.4. The fraction of sp³-hybridized carbons (Fsp3) is 0.429. The first-order valence-electron chi connectivity index (χ1n) is 6.03. The van der Waals surface area contributed by atoms with Crippen LogP contribution in [0.5, 0.6) is 0 Å². The van der Waals surface area contributed by atoms with Crippen LogP contribution in [0.15, 0.2) is 12.1 Å². The van der Waals surface area contributed by atoms with Crippen molar-refractivity contribution in [2.45, 2.75) is 33.1 Å². The number of rotatable bonds is 5. The molecule has 0 N–H and O–H groups in total. The Morgan fingerprint density at radius 3 is 2.58 bits per heavy atom. The minimum atomic E-state index is -2.72. The van der Waals surface area contributed by atoms with E-state index in [1.807, 2.05) is 6.07 Å². The van der Waals surface area contributed by atoms with Crippen LogP contribution in [-0.4, -0.2) is 12.6 Å². The third kappa shape index (κ3) is 3.50. The maximum absolute atomic E-state index is 13.2. The van der Waals surface area contributed by atoms with Crippen molar-refractivity contribution in [2.24, 2.45) is 0 Å². The molecule has 0 atom stereocenters. The predicted molar refractivity (Wildman–Crippen MR) is 65.8 cm³/mol. The summed E-state index contributed by atoms with van der Waals surface area (Å²) in [6.07, 6.45) is -2.60. The Morgan fingerprint density at radius 1 is 1.42 bits per heavy atom. The summed E-state index contributed by atoms with van der Waals surface area (Å²) >= 11 is 0. The number of nitriles is 1. The minimum absolute atomic E-state index is 0.0790. The van der Waals surface area contributed by atoms with E-state index in [-0.39, 0.29) is 29.7 Å². The summed E-state index contributed by atoms with van der Waals surface area (Å²) in [6.45, 7) is 3.57. The Kier molecular flexibility index (Phi) is 5.43. The average Bonchev–Trinajstić information content (AvgIpc) is 2.37. The minimum Gasteiger partial charge on any atom is -0.466 e. The number of nitrogens with zero attached hydrogens (tertiary/aromatic N) is 1. The summed E-state index contributed by atoms with van der Waals surface area (Å²) < 4.78 is 31.1. The van der Waals surface area contributed by atoms with Crippen LogP contribution in [0, 0.1) is 11.3 Å². The van der Waals surface area contributed by atoms with E-state index in [9.17, 15) is 13.6 Å². The van der Waals surface area contributed by atoms with Gasteiger partial charge >= 0.3 is 5.97 Å². The third-order valence-electron chi connectivity index (χ3n) is 2.79. The Balaban J connectivity index is 3.31. The number of esters is 1. The monoisotopic (exact) mass is 267 g/mol. The summed E-state index contributed by atoms with van der Waals surface area (Å²) in [6, 6.07) is 4.83. The molecule has 0 aromatic heterocycles. The quantitative estimate of drug-likeness (QED) is 0.770. The maximum atomic E-state index is 13.2. The Hall–Kier alpha value is -1.96. The number of benzene rings is 1. The molecule has 0 spiro atoms. The Labute approximate surface area is 110 Å². The topological polar surface area (TPSA) is 50.1 Å². The number of halogens is 2. The normalized spacial score (nSPS) is 10.3. The molecule has 1 aromatic carbocycles. The van der Waals surface area contributed by atoms with Gasteiger partial charge in [0.2, 0.25) is 0 Å². The van der Waals surface area contributed by atoms with Gasteiger partial charge in [-0.2, -0.15) is 5.26 Å². The van der Waals surface area contributed by atoms with Crippen molar-refractivity contribution in [1.29, 1.82) is 5.26 Å². The Morgan fingerprint density at radius 2 is 2.11 bits per heavy atom. The van der Waals surface area contributed by atoms with E-state index in [1.54, 1.807) is 13.8 Å². The molecule has 0 amide bonds. The van der Waals surface area contributed by atoms with Gasteiger partial charge in [0.05, 0.1) is 24.7 Å². The molecule has 0 saturated heterocycles. The maximum Gasteiger partial charge on any atom is 0.310 e. The second-order valence-electron chi connectivity index (χ2n) is 3.91. The van der Waals surface area contributed by atoms with E-state index in [0.29, 0.717) is 12.0 Å². The molecule has 0 saturated carbocycles. The van der Waals surface area contributed by atoms with E-state index < -0.39 is 12.4 Å². The van der Waals surface area contributed by atoms with Gasteiger partial charge in [0.1, 0.15) is 0 Å². The fourth-order valence-corrected chi connectivity index (χ4v) is 1.94. The Bertz CT molecular complexity index is 507. The molecule has 19 heavy (non-hydrogen) atoms. The van der Waals surface area contributed by atoms with E-state index >= 15 is 0 Å². The molecule has 0 aliphatic heterocycles. The average molecular weight is 267 g/mol. The number of carbonyl (C=O) groups excluding carboxylic acids is 1. The lowest BCUT2D eigenvalue weighted by molar-refractivity contribution is -0.142. The fourth-order valence-electron chi connectivity index (χ4n) is 1.94. The van der Waals surface area contributed by atoms with E-state index in [1.165, 1.54) is 12.1 Å². The van der Waals surface area contributed by atoms with Crippen molar-refractivity contribution < 1.29 is 18.3 Å². The van der Waals surface area contributed by atoms with Crippen molar-refractivity contribution in [1.82, 2.24) is 0 Å². The SMILES string of the molecule is CCOC(=O)Cc1c(C#N)ccc(CC)c1C(F)F. The lowest BCUT2D eigenvalue weighted by Gasteiger charge is -2.14. The van der Waals surface area contributed by atoms with Gasteiger partial charge in [0.15, 0.2) is 0 Å². The summed E-state index contributed by atoms with van der Waals surface area (Å²) in [5.41, 5.74) is 0.416. The van der Waals surface area contributed by atoms with Gasteiger partial charge in [-0.15, -0.1) is 0 Å². The van der Waals surface area contributed by atoms with Gasteiger partial charge in [0.25, 0.3) is 6.43 Å². The standard InChI is InChI=1S/C14H15F2NO2/c1-3-9-5-6-10(8-17)11(13(9)14(15)16)7-12(18)19-4-2/h5-6,14H,3-4,7H2,1-2H3. The largest absolute Gasteiger partial charge is 0.466 e. The van der Waals surface area contributed by atoms with Crippen molar-refractivity contribution in [3.05, 3.63) is 34.4 Å². The molecule has 0 heterocycles. The van der Waals surface area contributed by atoms with Crippen molar-refractivity contribution in [3.63, 3.8) is 0 Å². The molecular formula is C14H15F2NO2. The van der Waals surface area contributed by atoms with Crippen LogP contribution >= 0.6 is 0 Å². The highest BCUT2D eigenvalue weighted by Crippen LogP contribution is 2.30. The van der Waals surface area contributed by atoms with E-state index in [2.05, 4.69) is 0 Å². The summed E-state index contributed by atoms with van der Waals surface area (Å²) in [4.78, 5) is 11.5. The van der Waals surface area contributed by atoms with Crippen LogP contribution in [0.25, 0.3) is 0 Å². The van der Waals surface area contributed by atoms with Gasteiger partial charge in [-0.05, 0) is 30.5 Å². The highest BCUT2D eigenvalue weighted by molar-refractivity contribution is 5.74. The van der Waals surface area contributed by atoms with Crippen LogP contribution in [0.2, 0.25) is 0 Å². The van der Waals surface area contributed by atoms with Crippen molar-refractivity contribution in [3.8, 4) is 6.07 Å². The second-order valence-corrected chi connectivity index (χ2v) is 3.91. The number of hydrogen-bond acceptors (Lipinski definition) is 3. The lowest BCUT2D eigenvalue weighted by Crippen LogP contribution is -2.12.